The molecule has 0 spiro atoms. The predicted octanol–water partition coefficient (Wildman–Crippen LogP) is 7.05. The van der Waals surface area contributed by atoms with Crippen LogP contribution < -0.4 is 10.1 Å². The smallest absolute Gasteiger partial charge is 0.305 e. The van der Waals surface area contributed by atoms with Gasteiger partial charge in [-0.3, -0.25) is 14.3 Å². The Hall–Kier alpha value is -4.91. The Morgan fingerprint density at radius 3 is 2.48 bits per heavy atom. The number of methoxy groups -OCH3 is 1. The number of carbonyl (C=O) groups is 2. The van der Waals surface area contributed by atoms with E-state index in [1.54, 1.807) is 72.5 Å². The zero-order valence-corrected chi connectivity index (χ0v) is 24.7. The Kier molecular flexibility index (Phi) is 7.72. The van der Waals surface area contributed by atoms with Crippen LogP contribution in [0, 0.1) is 17.1 Å². The van der Waals surface area contributed by atoms with Crippen LogP contribution in [0.25, 0.3) is 33.3 Å². The van der Waals surface area contributed by atoms with E-state index in [1.807, 2.05) is 6.07 Å². The minimum Gasteiger partial charge on any atom is -0.497 e. The Bertz CT molecular complexity index is 2000. The maximum atomic E-state index is 16.5. The molecule has 2 N–H and O–H groups in total. The maximum Gasteiger partial charge on any atom is 0.305 e. The van der Waals surface area contributed by atoms with Crippen LogP contribution in [0.4, 0.5) is 4.39 Å². The third kappa shape index (κ3) is 5.23. The highest BCUT2D eigenvalue weighted by atomic mass is 35.5. The number of carbonyl (C=O) groups excluding carboxylic acids is 1. The van der Waals surface area contributed by atoms with Crippen molar-refractivity contribution < 1.29 is 23.8 Å². The number of nitrogens with zero attached hydrogens (tertiary/aromatic N) is 3. The number of carboxylic acids is 1. The third-order valence-electron chi connectivity index (χ3n) is 7.63. The molecule has 2 heterocycles. The van der Waals surface area contributed by atoms with Crippen LogP contribution in [0.2, 0.25) is 10.0 Å². The number of aromatic nitrogens is 2. The molecule has 0 fully saturated rings. The molecule has 0 aliphatic carbocycles. The summed E-state index contributed by atoms with van der Waals surface area (Å²) >= 11 is 12.5. The average molecular weight is 629 g/mol. The van der Waals surface area contributed by atoms with Crippen molar-refractivity contribution in [3.8, 4) is 34.3 Å². The SMILES string of the molecule is COc1ccc2c3c(c(C#N)cc2c1)C(Cc1ccc(C(=O)NCCC(=O)O)cc1)n1nc(-c2cc(Cl)cc(Cl)c2)c(F)c1-3. The molecule has 44 heavy (non-hydrogen) atoms. The van der Waals surface area contributed by atoms with Gasteiger partial charge in [-0.15, -0.1) is 0 Å². The van der Waals surface area contributed by atoms with Gasteiger partial charge in [-0.1, -0.05) is 41.4 Å². The van der Waals surface area contributed by atoms with Crippen LogP contribution in [0.15, 0.2) is 66.7 Å². The quantitative estimate of drug-likeness (QED) is 0.190. The predicted molar refractivity (Wildman–Crippen MR) is 165 cm³/mol. The van der Waals surface area contributed by atoms with E-state index < -0.39 is 17.8 Å². The lowest BCUT2D eigenvalue weighted by Crippen LogP contribution is -2.25. The van der Waals surface area contributed by atoms with Gasteiger partial charge in [-0.25, -0.2) is 4.39 Å². The van der Waals surface area contributed by atoms with Gasteiger partial charge in [-0.05, 0) is 71.3 Å². The molecule has 1 aliphatic heterocycles. The van der Waals surface area contributed by atoms with Crippen molar-refractivity contribution in [2.45, 2.75) is 18.9 Å². The standard InChI is InChI=1S/C33H23Cl2FN4O4/c1-44-24-6-7-25-19(14-24)11-21(16-37)28-26(10-17-2-4-18(5-3-17)33(43)38-9-8-27(41)42)40-32(29(25)28)30(36)31(39-40)20-12-22(34)15-23(35)13-20/h2-7,11-15,26H,8-10H2,1H3,(H,38,43)(H,41,42). The number of halogens is 3. The summed E-state index contributed by atoms with van der Waals surface area (Å²) in [5, 5.41) is 28.5. The van der Waals surface area contributed by atoms with Crippen molar-refractivity contribution in [2.24, 2.45) is 0 Å². The molecule has 5 aromatic rings. The first-order valence-corrected chi connectivity index (χ1v) is 14.3. The summed E-state index contributed by atoms with van der Waals surface area (Å²) in [5.41, 5.74) is 3.55. The van der Waals surface area contributed by atoms with Crippen molar-refractivity contribution in [3.63, 3.8) is 0 Å². The fourth-order valence-electron chi connectivity index (χ4n) is 5.67. The monoisotopic (exact) mass is 628 g/mol. The highest BCUT2D eigenvalue weighted by Gasteiger charge is 2.38. The molecule has 0 bridgehead atoms. The van der Waals surface area contributed by atoms with E-state index in [4.69, 9.17) is 38.1 Å². The minimum atomic E-state index is -1.00. The molecule has 1 amide bonds. The number of aliphatic carboxylic acids is 1. The Morgan fingerprint density at radius 1 is 1.09 bits per heavy atom. The van der Waals surface area contributed by atoms with Crippen LogP contribution in [0.3, 0.4) is 0 Å². The van der Waals surface area contributed by atoms with Crippen molar-refractivity contribution in [3.05, 3.63) is 105 Å². The summed E-state index contributed by atoms with van der Waals surface area (Å²) in [7, 11) is 1.55. The van der Waals surface area contributed by atoms with Gasteiger partial charge < -0.3 is 15.2 Å². The first kappa shape index (κ1) is 29.2. The lowest BCUT2D eigenvalue weighted by molar-refractivity contribution is -0.136. The van der Waals surface area contributed by atoms with Crippen molar-refractivity contribution in [1.29, 1.82) is 5.26 Å². The molecule has 0 radical (unpaired) electrons. The molecule has 6 rings (SSSR count). The summed E-state index contributed by atoms with van der Waals surface area (Å²) in [6.45, 7) is 0.0132. The van der Waals surface area contributed by atoms with Gasteiger partial charge in [0.25, 0.3) is 5.91 Å². The molecule has 11 heteroatoms. The van der Waals surface area contributed by atoms with E-state index in [2.05, 4.69) is 11.4 Å². The van der Waals surface area contributed by atoms with Crippen LogP contribution in [-0.4, -0.2) is 40.4 Å². The molecule has 8 nitrogen and oxygen atoms in total. The van der Waals surface area contributed by atoms with Crippen molar-refractivity contribution in [2.75, 3.05) is 13.7 Å². The van der Waals surface area contributed by atoms with Crippen LogP contribution in [0.5, 0.6) is 5.75 Å². The lowest BCUT2D eigenvalue weighted by atomic mass is 9.89. The van der Waals surface area contributed by atoms with Gasteiger partial charge in [0.05, 0.1) is 31.2 Å². The summed E-state index contributed by atoms with van der Waals surface area (Å²) in [6.07, 6.45) is 0.161. The number of amides is 1. The summed E-state index contributed by atoms with van der Waals surface area (Å²) in [6, 6.07) is 20.6. The number of nitrogens with one attached hydrogen (secondary N) is 1. The van der Waals surface area contributed by atoms with E-state index in [1.165, 1.54) is 0 Å². The van der Waals surface area contributed by atoms with Gasteiger partial charge >= 0.3 is 5.97 Å². The fourth-order valence-corrected chi connectivity index (χ4v) is 6.20. The topological polar surface area (TPSA) is 117 Å². The van der Waals surface area contributed by atoms with Crippen molar-refractivity contribution in [1.82, 2.24) is 15.1 Å². The highest BCUT2D eigenvalue weighted by Crippen LogP contribution is 2.49. The first-order valence-electron chi connectivity index (χ1n) is 13.6. The van der Waals surface area contributed by atoms with Gasteiger partial charge in [-0.2, -0.15) is 10.4 Å². The molecular weight excluding hydrogens is 606 g/mol. The zero-order chi connectivity index (χ0) is 31.1. The number of fused-ring (bicyclic) bond motifs is 5. The summed E-state index contributed by atoms with van der Waals surface area (Å²) in [4.78, 5) is 23.2. The normalized spacial score (nSPS) is 13.3. The Morgan fingerprint density at radius 2 is 1.82 bits per heavy atom. The molecule has 220 valence electrons. The maximum absolute atomic E-state index is 16.5. The number of hydrogen-bond acceptors (Lipinski definition) is 5. The van der Waals surface area contributed by atoms with Crippen LogP contribution >= 0.6 is 23.2 Å². The number of nitriles is 1. The molecular formula is C33H23Cl2FN4O4. The molecule has 1 atom stereocenters. The van der Waals surface area contributed by atoms with E-state index >= 15 is 4.39 Å². The summed E-state index contributed by atoms with van der Waals surface area (Å²) < 4.78 is 23.5. The second-order valence-electron chi connectivity index (χ2n) is 10.3. The summed E-state index contributed by atoms with van der Waals surface area (Å²) in [5.74, 6) is -1.35. The molecule has 0 saturated heterocycles. The second kappa shape index (κ2) is 11.6. The highest BCUT2D eigenvalue weighted by molar-refractivity contribution is 6.35. The molecule has 1 aromatic heterocycles. The Balaban J connectivity index is 1.47. The second-order valence-corrected chi connectivity index (χ2v) is 11.2. The average Bonchev–Trinajstić information content (AvgIpc) is 3.50. The third-order valence-corrected chi connectivity index (χ3v) is 8.07. The number of carboxylic acid groups (broad SMARTS) is 1. The number of benzene rings is 4. The number of rotatable bonds is 8. The van der Waals surface area contributed by atoms with Gasteiger partial charge in [0.15, 0.2) is 5.82 Å². The first-order chi connectivity index (χ1) is 21.2. The van der Waals surface area contributed by atoms with Gasteiger partial charge in [0.2, 0.25) is 0 Å². The zero-order valence-electron chi connectivity index (χ0n) is 23.2. The molecule has 0 saturated carbocycles. The van der Waals surface area contributed by atoms with E-state index in [0.717, 1.165) is 16.3 Å². The van der Waals surface area contributed by atoms with E-state index in [-0.39, 0.29) is 30.3 Å². The van der Waals surface area contributed by atoms with Crippen LogP contribution in [0.1, 0.15) is 39.5 Å². The van der Waals surface area contributed by atoms with Gasteiger partial charge in [0.1, 0.15) is 17.1 Å². The van der Waals surface area contributed by atoms with Crippen molar-refractivity contribution >= 4 is 45.9 Å². The minimum absolute atomic E-state index is 0.0132. The lowest BCUT2D eigenvalue weighted by Gasteiger charge is -2.17. The molecule has 1 unspecified atom stereocenters. The largest absolute Gasteiger partial charge is 0.497 e. The molecule has 1 aliphatic rings. The fraction of sp³-hybridized carbons (Fsp3) is 0.152. The van der Waals surface area contributed by atoms with Gasteiger partial charge in [0, 0.05) is 38.8 Å². The van der Waals surface area contributed by atoms with E-state index in [9.17, 15) is 14.9 Å². The van der Waals surface area contributed by atoms with Crippen LogP contribution in [-0.2, 0) is 11.2 Å². The van der Waals surface area contributed by atoms with E-state index in [0.29, 0.717) is 50.0 Å². The molecule has 4 aromatic carbocycles. The number of hydrogen-bond donors (Lipinski definition) is 2. The number of ether oxygens (including phenoxy) is 1. The Labute approximate surface area is 261 Å².